The van der Waals surface area contributed by atoms with Crippen molar-refractivity contribution in [2.24, 2.45) is 17.8 Å². The van der Waals surface area contributed by atoms with Gasteiger partial charge in [0.1, 0.15) is 0 Å². The summed E-state index contributed by atoms with van der Waals surface area (Å²) in [6.07, 6.45) is 4.12. The molecule has 1 unspecified atom stereocenters. The van der Waals surface area contributed by atoms with Crippen molar-refractivity contribution >= 4 is 15.9 Å². The topological polar surface area (TPSA) is 83.5 Å². The Morgan fingerprint density at radius 1 is 1.15 bits per heavy atom. The van der Waals surface area contributed by atoms with E-state index in [2.05, 4.69) is 4.72 Å². The zero-order valence-corrected chi connectivity index (χ0v) is 17.1. The molecule has 0 spiro atoms. The summed E-state index contributed by atoms with van der Waals surface area (Å²) in [5.74, 6) is -0.819. The Balaban J connectivity index is 2.80. The molecule has 2 N–H and O–H groups in total. The number of aliphatic hydroxyl groups excluding tert-OH is 1. The summed E-state index contributed by atoms with van der Waals surface area (Å²) in [6.45, 7) is 9.65. The van der Waals surface area contributed by atoms with Gasteiger partial charge >= 0.3 is 0 Å². The van der Waals surface area contributed by atoms with Crippen LogP contribution in [0.5, 0.6) is 0 Å². The van der Waals surface area contributed by atoms with Crippen LogP contribution in [0.15, 0.2) is 41.3 Å². The number of carbonyl (C=O) groups excluding carboxylic acids is 1. The summed E-state index contributed by atoms with van der Waals surface area (Å²) < 4.78 is 26.9. The fourth-order valence-electron chi connectivity index (χ4n) is 2.61. The summed E-state index contributed by atoms with van der Waals surface area (Å²) in [5, 5.41) is 9.92. The number of hydrogen-bond donors (Lipinski definition) is 2. The second kappa shape index (κ2) is 9.88. The summed E-state index contributed by atoms with van der Waals surface area (Å²) >= 11 is 0. The molecule has 146 valence electrons. The van der Waals surface area contributed by atoms with Crippen LogP contribution in [0.1, 0.15) is 46.1 Å². The van der Waals surface area contributed by atoms with E-state index in [0.29, 0.717) is 18.8 Å². The molecular formula is C20H31NO4S. The standard InChI is InChI=1S/C20H31NO4S/c1-14(2)13-17(22)7-6-8-19(15(3)4)20(23)21-26(24,25)18-11-9-16(5)10-12-18/h6,8-12,14-15,17,19,22H,7,13H2,1-5H3,(H,21,23)/b8-6-/t17?,19-/m0/s1. The van der Waals surface area contributed by atoms with Gasteiger partial charge in [0.25, 0.3) is 10.0 Å². The number of rotatable bonds is 9. The van der Waals surface area contributed by atoms with Crippen LogP contribution in [0, 0.1) is 24.7 Å². The molecule has 5 nitrogen and oxygen atoms in total. The lowest BCUT2D eigenvalue weighted by molar-refractivity contribution is -0.122. The number of hydrogen-bond acceptors (Lipinski definition) is 4. The quantitative estimate of drug-likeness (QED) is 0.642. The first-order chi connectivity index (χ1) is 12.0. The molecule has 1 rings (SSSR count). The molecule has 1 aromatic rings. The van der Waals surface area contributed by atoms with Crippen LogP contribution >= 0.6 is 0 Å². The van der Waals surface area contributed by atoms with Gasteiger partial charge in [-0.1, -0.05) is 57.5 Å². The number of sulfonamides is 1. The number of aliphatic hydroxyl groups is 1. The van der Waals surface area contributed by atoms with E-state index in [1.165, 1.54) is 12.1 Å². The minimum atomic E-state index is -3.89. The Morgan fingerprint density at radius 3 is 2.23 bits per heavy atom. The van der Waals surface area contributed by atoms with Crippen molar-refractivity contribution < 1.29 is 18.3 Å². The van der Waals surface area contributed by atoms with Crippen LogP contribution < -0.4 is 4.72 Å². The van der Waals surface area contributed by atoms with E-state index in [1.54, 1.807) is 24.3 Å². The highest BCUT2D eigenvalue weighted by molar-refractivity contribution is 7.90. The van der Waals surface area contributed by atoms with E-state index in [4.69, 9.17) is 0 Å². The third-order valence-corrected chi connectivity index (χ3v) is 5.44. The Hall–Kier alpha value is -1.66. The SMILES string of the molecule is Cc1ccc(S(=O)(=O)NC(=O)[C@@H](/C=C\CC(O)CC(C)C)C(C)C)cc1. The van der Waals surface area contributed by atoms with Gasteiger partial charge in [0, 0.05) is 0 Å². The molecule has 26 heavy (non-hydrogen) atoms. The molecule has 6 heteroatoms. The maximum absolute atomic E-state index is 12.5. The van der Waals surface area contributed by atoms with Gasteiger partial charge in [0.05, 0.1) is 16.9 Å². The normalized spacial score (nSPS) is 14.8. The predicted molar refractivity (Wildman–Crippen MR) is 104 cm³/mol. The van der Waals surface area contributed by atoms with Crippen molar-refractivity contribution in [3.8, 4) is 0 Å². The number of benzene rings is 1. The van der Waals surface area contributed by atoms with Gasteiger partial charge in [0.15, 0.2) is 0 Å². The predicted octanol–water partition coefficient (Wildman–Crippen LogP) is 3.43. The van der Waals surface area contributed by atoms with Crippen LogP contribution in [0.2, 0.25) is 0 Å². The molecule has 0 aliphatic rings. The van der Waals surface area contributed by atoms with E-state index < -0.39 is 28.0 Å². The zero-order chi connectivity index (χ0) is 19.9. The minimum Gasteiger partial charge on any atom is -0.393 e. The number of carbonyl (C=O) groups is 1. The molecule has 1 aromatic carbocycles. The van der Waals surface area contributed by atoms with Gasteiger partial charge in [-0.05, 0) is 43.7 Å². The van der Waals surface area contributed by atoms with Gasteiger partial charge in [-0.15, -0.1) is 0 Å². The fraction of sp³-hybridized carbons (Fsp3) is 0.550. The largest absolute Gasteiger partial charge is 0.393 e. The smallest absolute Gasteiger partial charge is 0.264 e. The lowest BCUT2D eigenvalue weighted by Gasteiger charge is -2.17. The van der Waals surface area contributed by atoms with E-state index in [9.17, 15) is 18.3 Å². The first-order valence-corrected chi connectivity index (χ1v) is 10.5. The Labute approximate surface area is 157 Å². The first kappa shape index (κ1) is 22.4. The van der Waals surface area contributed by atoms with Crippen molar-refractivity contribution in [1.29, 1.82) is 0 Å². The molecule has 0 saturated carbocycles. The zero-order valence-electron chi connectivity index (χ0n) is 16.3. The lowest BCUT2D eigenvalue weighted by Crippen LogP contribution is -2.37. The van der Waals surface area contributed by atoms with Crippen LogP contribution in [0.3, 0.4) is 0 Å². The molecular weight excluding hydrogens is 350 g/mol. The van der Waals surface area contributed by atoms with Crippen LogP contribution in [0.4, 0.5) is 0 Å². The molecule has 0 bridgehead atoms. The summed E-state index contributed by atoms with van der Waals surface area (Å²) in [6, 6.07) is 6.34. The Bertz CT molecular complexity index is 706. The fourth-order valence-corrected chi connectivity index (χ4v) is 3.63. The second-order valence-corrected chi connectivity index (χ2v) is 9.18. The highest BCUT2D eigenvalue weighted by Crippen LogP contribution is 2.17. The van der Waals surface area contributed by atoms with E-state index in [0.717, 1.165) is 5.56 Å². The monoisotopic (exact) mass is 381 g/mol. The summed E-state index contributed by atoms with van der Waals surface area (Å²) in [5.41, 5.74) is 0.943. The van der Waals surface area contributed by atoms with E-state index in [1.807, 2.05) is 34.6 Å². The van der Waals surface area contributed by atoms with Gasteiger partial charge in [-0.2, -0.15) is 0 Å². The molecule has 0 aliphatic heterocycles. The van der Waals surface area contributed by atoms with Crippen molar-refractivity contribution in [3.05, 3.63) is 42.0 Å². The Morgan fingerprint density at radius 2 is 1.73 bits per heavy atom. The van der Waals surface area contributed by atoms with Crippen molar-refractivity contribution in [2.45, 2.75) is 58.5 Å². The van der Waals surface area contributed by atoms with Crippen LogP contribution in [-0.2, 0) is 14.8 Å². The van der Waals surface area contributed by atoms with Crippen molar-refractivity contribution in [2.75, 3.05) is 0 Å². The molecule has 0 radical (unpaired) electrons. The van der Waals surface area contributed by atoms with Crippen molar-refractivity contribution in [1.82, 2.24) is 4.72 Å². The highest BCUT2D eigenvalue weighted by atomic mass is 32.2. The first-order valence-electron chi connectivity index (χ1n) is 9.01. The van der Waals surface area contributed by atoms with Crippen LogP contribution in [0.25, 0.3) is 0 Å². The van der Waals surface area contributed by atoms with Gasteiger partial charge in [-0.25, -0.2) is 13.1 Å². The number of amides is 1. The van der Waals surface area contributed by atoms with E-state index >= 15 is 0 Å². The van der Waals surface area contributed by atoms with Crippen molar-refractivity contribution in [3.63, 3.8) is 0 Å². The van der Waals surface area contributed by atoms with E-state index in [-0.39, 0.29) is 10.8 Å². The molecule has 1 amide bonds. The maximum atomic E-state index is 12.5. The third kappa shape index (κ3) is 7.30. The molecule has 0 saturated heterocycles. The molecule has 0 aromatic heterocycles. The van der Waals surface area contributed by atoms with Gasteiger partial charge < -0.3 is 5.11 Å². The molecule has 0 heterocycles. The molecule has 0 fully saturated rings. The number of nitrogens with one attached hydrogen (secondary N) is 1. The Kier molecular flexibility index (Phi) is 8.50. The molecule has 0 aliphatic carbocycles. The average Bonchev–Trinajstić information content (AvgIpc) is 2.50. The summed E-state index contributed by atoms with van der Waals surface area (Å²) in [7, 11) is -3.89. The minimum absolute atomic E-state index is 0.0651. The second-order valence-electron chi connectivity index (χ2n) is 7.50. The third-order valence-electron chi connectivity index (χ3n) is 4.08. The average molecular weight is 382 g/mol. The van der Waals surface area contributed by atoms with Gasteiger partial charge in [0.2, 0.25) is 5.91 Å². The summed E-state index contributed by atoms with van der Waals surface area (Å²) in [4.78, 5) is 12.6. The molecule has 2 atom stereocenters. The van der Waals surface area contributed by atoms with Gasteiger partial charge in [-0.3, -0.25) is 4.79 Å². The van der Waals surface area contributed by atoms with Crippen LogP contribution in [-0.4, -0.2) is 25.5 Å². The maximum Gasteiger partial charge on any atom is 0.264 e. The highest BCUT2D eigenvalue weighted by Gasteiger charge is 2.25. The number of aryl methyl sites for hydroxylation is 1. The lowest BCUT2D eigenvalue weighted by atomic mass is 9.94.